The minimum atomic E-state index is 0.625. The topological polar surface area (TPSA) is 47.3 Å². The van der Waals surface area contributed by atoms with Gasteiger partial charge in [0.05, 0.1) is 11.9 Å². The summed E-state index contributed by atoms with van der Waals surface area (Å²) in [6.07, 6.45) is 6.62. The van der Waals surface area contributed by atoms with Gasteiger partial charge in [-0.15, -0.1) is 0 Å². The molecule has 2 heterocycles. The maximum Gasteiger partial charge on any atom is 0.168 e. The summed E-state index contributed by atoms with van der Waals surface area (Å²) in [6, 6.07) is 0. The lowest BCUT2D eigenvalue weighted by atomic mass is 10.3. The SMILES string of the molecule is CCc1nc2cnccn2c1C=O. The molecule has 0 unspecified atom stereocenters. The number of hydrogen-bond acceptors (Lipinski definition) is 3. The first-order valence-electron chi connectivity index (χ1n) is 4.13. The Morgan fingerprint density at radius 2 is 2.46 bits per heavy atom. The molecule has 0 bridgehead atoms. The first-order valence-corrected chi connectivity index (χ1v) is 4.13. The fraction of sp³-hybridized carbons (Fsp3) is 0.222. The molecule has 0 radical (unpaired) electrons. The number of fused-ring (bicyclic) bond motifs is 1. The maximum atomic E-state index is 10.8. The van der Waals surface area contributed by atoms with Crippen molar-refractivity contribution in [2.75, 3.05) is 0 Å². The Morgan fingerprint density at radius 3 is 3.15 bits per heavy atom. The third-order valence-corrected chi connectivity index (χ3v) is 1.99. The molecule has 0 saturated heterocycles. The van der Waals surface area contributed by atoms with Gasteiger partial charge >= 0.3 is 0 Å². The number of aryl methyl sites for hydroxylation is 1. The summed E-state index contributed by atoms with van der Waals surface area (Å²) in [5, 5.41) is 0. The van der Waals surface area contributed by atoms with Crippen LogP contribution in [0.3, 0.4) is 0 Å². The Balaban J connectivity index is 2.81. The number of nitrogens with zero attached hydrogens (tertiary/aromatic N) is 3. The van der Waals surface area contributed by atoms with E-state index in [1.807, 2.05) is 6.92 Å². The maximum absolute atomic E-state index is 10.8. The summed E-state index contributed by atoms with van der Waals surface area (Å²) in [6.45, 7) is 1.97. The Morgan fingerprint density at radius 1 is 1.62 bits per heavy atom. The van der Waals surface area contributed by atoms with Gasteiger partial charge in [0.15, 0.2) is 11.9 Å². The van der Waals surface area contributed by atoms with Crippen molar-refractivity contribution in [1.29, 1.82) is 0 Å². The van der Waals surface area contributed by atoms with E-state index in [1.165, 1.54) is 0 Å². The van der Waals surface area contributed by atoms with Crippen molar-refractivity contribution >= 4 is 11.9 Å². The molecule has 0 fully saturated rings. The normalized spacial score (nSPS) is 10.5. The van der Waals surface area contributed by atoms with Crippen LogP contribution in [0.2, 0.25) is 0 Å². The molecule has 4 nitrogen and oxygen atoms in total. The zero-order chi connectivity index (χ0) is 9.26. The highest BCUT2D eigenvalue weighted by molar-refractivity contribution is 5.76. The van der Waals surface area contributed by atoms with Crippen LogP contribution in [0.4, 0.5) is 0 Å². The van der Waals surface area contributed by atoms with Crippen LogP contribution in [0.25, 0.3) is 5.65 Å². The number of rotatable bonds is 2. The molecule has 2 aromatic rings. The molecule has 66 valence electrons. The van der Waals surface area contributed by atoms with Crippen molar-refractivity contribution in [3.63, 3.8) is 0 Å². The minimum absolute atomic E-state index is 0.625. The number of aldehydes is 1. The Bertz CT molecular complexity index is 447. The van der Waals surface area contributed by atoms with E-state index in [0.717, 1.165) is 24.0 Å². The van der Waals surface area contributed by atoms with Gasteiger partial charge in [-0.05, 0) is 6.42 Å². The zero-order valence-corrected chi connectivity index (χ0v) is 7.27. The van der Waals surface area contributed by atoms with Gasteiger partial charge in [0.25, 0.3) is 0 Å². The van der Waals surface area contributed by atoms with Crippen LogP contribution in [0.5, 0.6) is 0 Å². The molecule has 2 rings (SSSR count). The minimum Gasteiger partial charge on any atom is -0.296 e. The third-order valence-electron chi connectivity index (χ3n) is 1.99. The summed E-state index contributed by atoms with van der Waals surface area (Å²) in [4.78, 5) is 19.0. The van der Waals surface area contributed by atoms with Crippen LogP contribution in [0.1, 0.15) is 23.1 Å². The number of carbonyl (C=O) groups is 1. The van der Waals surface area contributed by atoms with Gasteiger partial charge in [-0.3, -0.25) is 14.2 Å². The Hall–Kier alpha value is -1.71. The monoisotopic (exact) mass is 175 g/mol. The molecule has 13 heavy (non-hydrogen) atoms. The van der Waals surface area contributed by atoms with Gasteiger partial charge in [0, 0.05) is 12.4 Å². The van der Waals surface area contributed by atoms with Crippen LogP contribution in [-0.4, -0.2) is 20.7 Å². The predicted octanol–water partition coefficient (Wildman–Crippen LogP) is 1.10. The van der Waals surface area contributed by atoms with E-state index in [1.54, 1.807) is 23.0 Å². The molecule has 0 N–H and O–H groups in total. The molecule has 4 heteroatoms. The lowest BCUT2D eigenvalue weighted by Gasteiger charge is -1.92. The second kappa shape index (κ2) is 2.97. The fourth-order valence-corrected chi connectivity index (χ4v) is 1.36. The summed E-state index contributed by atoms with van der Waals surface area (Å²) < 4.78 is 1.75. The first-order chi connectivity index (χ1) is 6.36. The Labute approximate surface area is 75.2 Å². The van der Waals surface area contributed by atoms with Crippen molar-refractivity contribution in [3.8, 4) is 0 Å². The molecular formula is C9H9N3O. The van der Waals surface area contributed by atoms with Gasteiger partial charge in [-0.25, -0.2) is 4.98 Å². The average molecular weight is 175 g/mol. The van der Waals surface area contributed by atoms with Gasteiger partial charge < -0.3 is 0 Å². The van der Waals surface area contributed by atoms with Gasteiger partial charge in [-0.1, -0.05) is 6.92 Å². The van der Waals surface area contributed by atoms with Crippen LogP contribution in [0, 0.1) is 0 Å². The molecule has 0 amide bonds. The predicted molar refractivity (Wildman–Crippen MR) is 47.8 cm³/mol. The largest absolute Gasteiger partial charge is 0.296 e. The highest BCUT2D eigenvalue weighted by Gasteiger charge is 2.08. The van der Waals surface area contributed by atoms with E-state index in [0.29, 0.717) is 5.69 Å². The van der Waals surface area contributed by atoms with Crippen molar-refractivity contribution in [1.82, 2.24) is 14.4 Å². The van der Waals surface area contributed by atoms with Crippen LogP contribution >= 0.6 is 0 Å². The van der Waals surface area contributed by atoms with Crippen molar-refractivity contribution < 1.29 is 4.79 Å². The van der Waals surface area contributed by atoms with Crippen molar-refractivity contribution in [3.05, 3.63) is 30.0 Å². The quantitative estimate of drug-likeness (QED) is 0.642. The summed E-state index contributed by atoms with van der Waals surface area (Å²) in [5.41, 5.74) is 2.17. The van der Waals surface area contributed by atoms with Gasteiger partial charge in [0.2, 0.25) is 0 Å². The highest BCUT2D eigenvalue weighted by atomic mass is 16.1. The average Bonchev–Trinajstić information content (AvgIpc) is 2.55. The van der Waals surface area contributed by atoms with Gasteiger partial charge in [-0.2, -0.15) is 0 Å². The molecule has 0 atom stereocenters. The highest BCUT2D eigenvalue weighted by Crippen LogP contribution is 2.09. The lowest BCUT2D eigenvalue weighted by molar-refractivity contribution is 0.111. The molecule has 2 aromatic heterocycles. The number of aromatic nitrogens is 3. The summed E-state index contributed by atoms with van der Waals surface area (Å²) in [7, 11) is 0. The van der Waals surface area contributed by atoms with E-state index >= 15 is 0 Å². The van der Waals surface area contributed by atoms with E-state index < -0.39 is 0 Å². The smallest absolute Gasteiger partial charge is 0.168 e. The van der Waals surface area contributed by atoms with Crippen LogP contribution in [-0.2, 0) is 6.42 Å². The molecular weight excluding hydrogens is 166 g/mol. The third kappa shape index (κ3) is 1.11. The second-order valence-electron chi connectivity index (χ2n) is 2.72. The molecule has 0 saturated carbocycles. The second-order valence-corrected chi connectivity index (χ2v) is 2.72. The van der Waals surface area contributed by atoms with E-state index in [2.05, 4.69) is 9.97 Å². The van der Waals surface area contributed by atoms with Gasteiger partial charge in [0.1, 0.15) is 5.69 Å². The Kier molecular flexibility index (Phi) is 1.81. The van der Waals surface area contributed by atoms with Crippen LogP contribution in [0.15, 0.2) is 18.6 Å². The number of imidazole rings is 1. The lowest BCUT2D eigenvalue weighted by Crippen LogP contribution is -1.93. The molecule has 0 aliphatic carbocycles. The number of hydrogen-bond donors (Lipinski definition) is 0. The standard InChI is InChI=1S/C9H9N3O/c1-2-7-8(6-13)12-4-3-10-5-9(12)11-7/h3-6H,2H2,1H3. The summed E-state index contributed by atoms with van der Waals surface area (Å²) >= 11 is 0. The van der Waals surface area contributed by atoms with Crippen molar-refractivity contribution in [2.45, 2.75) is 13.3 Å². The number of carbonyl (C=O) groups excluding carboxylic acids is 1. The van der Waals surface area contributed by atoms with Crippen molar-refractivity contribution in [2.24, 2.45) is 0 Å². The summed E-state index contributed by atoms with van der Waals surface area (Å²) in [5.74, 6) is 0. The van der Waals surface area contributed by atoms with E-state index in [-0.39, 0.29) is 0 Å². The van der Waals surface area contributed by atoms with Crippen LogP contribution < -0.4 is 0 Å². The zero-order valence-electron chi connectivity index (χ0n) is 7.27. The van der Waals surface area contributed by atoms with E-state index in [4.69, 9.17) is 0 Å². The van der Waals surface area contributed by atoms with E-state index in [9.17, 15) is 4.79 Å². The molecule has 0 spiro atoms. The molecule has 0 aliphatic heterocycles. The molecule has 0 aliphatic rings. The fourth-order valence-electron chi connectivity index (χ4n) is 1.36. The first kappa shape index (κ1) is 7.91. The molecule has 0 aromatic carbocycles.